The smallest absolute Gasteiger partial charge is 0.327 e. The number of carboxylic acid groups (broad SMARTS) is 1. The van der Waals surface area contributed by atoms with Gasteiger partial charge >= 0.3 is 5.97 Å². The molecule has 2 N–H and O–H groups in total. The highest BCUT2D eigenvalue weighted by Gasteiger charge is 2.22. The standard InChI is InChI=1S/C12H13F2NO4S/c1-7(16)15-11(12(17)18)6-20(19)5-8-9(13)3-2-4-10(8)14/h2-4,11H,5-6H2,1H3,(H,15,16)(H,17,18). The van der Waals surface area contributed by atoms with Gasteiger partial charge in [-0.2, -0.15) is 0 Å². The van der Waals surface area contributed by atoms with Crippen LogP contribution in [0.1, 0.15) is 12.5 Å². The molecule has 0 aliphatic heterocycles. The molecule has 2 unspecified atom stereocenters. The summed E-state index contributed by atoms with van der Waals surface area (Å²) in [6, 6.07) is 1.87. The van der Waals surface area contributed by atoms with Crippen LogP contribution in [0.4, 0.5) is 8.78 Å². The van der Waals surface area contributed by atoms with E-state index in [-0.39, 0.29) is 5.56 Å². The van der Waals surface area contributed by atoms with E-state index in [4.69, 9.17) is 5.11 Å². The van der Waals surface area contributed by atoms with Crippen molar-refractivity contribution in [3.63, 3.8) is 0 Å². The molecule has 0 saturated carbocycles. The minimum absolute atomic E-state index is 0.363. The van der Waals surface area contributed by atoms with Crippen molar-refractivity contribution in [2.75, 3.05) is 5.75 Å². The molecule has 1 rings (SSSR count). The fraction of sp³-hybridized carbons (Fsp3) is 0.333. The van der Waals surface area contributed by atoms with E-state index in [1.54, 1.807) is 0 Å². The highest BCUT2D eigenvalue weighted by Crippen LogP contribution is 2.14. The molecule has 0 aromatic heterocycles. The molecule has 0 radical (unpaired) electrons. The van der Waals surface area contributed by atoms with Gasteiger partial charge in [0.1, 0.15) is 17.7 Å². The number of carbonyl (C=O) groups is 2. The summed E-state index contributed by atoms with van der Waals surface area (Å²) >= 11 is 0. The van der Waals surface area contributed by atoms with Crippen LogP contribution in [0.3, 0.4) is 0 Å². The van der Waals surface area contributed by atoms with E-state index in [9.17, 15) is 22.6 Å². The maximum absolute atomic E-state index is 13.4. The molecule has 1 amide bonds. The van der Waals surface area contributed by atoms with Crippen molar-refractivity contribution in [1.29, 1.82) is 0 Å². The summed E-state index contributed by atoms with van der Waals surface area (Å²) in [5, 5.41) is 11.0. The predicted octanol–water partition coefficient (Wildman–Crippen LogP) is 0.803. The third-order valence-electron chi connectivity index (χ3n) is 2.40. The van der Waals surface area contributed by atoms with Gasteiger partial charge in [0, 0.05) is 23.3 Å². The Kier molecular flexibility index (Phi) is 5.75. The van der Waals surface area contributed by atoms with Crippen molar-refractivity contribution in [3.05, 3.63) is 35.4 Å². The van der Waals surface area contributed by atoms with Gasteiger partial charge in [-0.15, -0.1) is 0 Å². The second kappa shape index (κ2) is 7.09. The Balaban J connectivity index is 2.76. The number of hydrogen-bond acceptors (Lipinski definition) is 3. The van der Waals surface area contributed by atoms with Crippen LogP contribution in [0.15, 0.2) is 18.2 Å². The van der Waals surface area contributed by atoms with Gasteiger partial charge in [-0.05, 0) is 12.1 Å². The first kappa shape index (κ1) is 16.2. The van der Waals surface area contributed by atoms with Crippen LogP contribution in [0.2, 0.25) is 0 Å². The molecule has 8 heteroatoms. The van der Waals surface area contributed by atoms with Crippen molar-refractivity contribution in [1.82, 2.24) is 5.32 Å². The van der Waals surface area contributed by atoms with Gasteiger partial charge in [0.05, 0.1) is 11.5 Å². The number of amides is 1. The Hall–Kier alpha value is -1.83. The van der Waals surface area contributed by atoms with E-state index >= 15 is 0 Å². The summed E-state index contributed by atoms with van der Waals surface area (Å²) in [5.41, 5.74) is -0.363. The van der Waals surface area contributed by atoms with Gasteiger partial charge in [0.2, 0.25) is 5.91 Å². The Morgan fingerprint density at radius 1 is 1.35 bits per heavy atom. The summed E-state index contributed by atoms with van der Waals surface area (Å²) in [7, 11) is -1.83. The highest BCUT2D eigenvalue weighted by atomic mass is 32.2. The number of carbonyl (C=O) groups excluding carboxylic acids is 1. The fourth-order valence-corrected chi connectivity index (χ4v) is 2.81. The summed E-state index contributed by atoms with van der Waals surface area (Å²) in [5.74, 6) is -4.52. The zero-order valence-corrected chi connectivity index (χ0v) is 11.4. The molecule has 0 saturated heterocycles. The van der Waals surface area contributed by atoms with E-state index < -0.39 is 51.9 Å². The summed E-state index contributed by atoms with van der Waals surface area (Å²) in [6.45, 7) is 1.12. The number of benzene rings is 1. The van der Waals surface area contributed by atoms with Crippen molar-refractivity contribution in [2.24, 2.45) is 0 Å². The van der Waals surface area contributed by atoms with Crippen LogP contribution < -0.4 is 5.32 Å². The molecule has 0 bridgehead atoms. The van der Waals surface area contributed by atoms with Crippen molar-refractivity contribution in [3.8, 4) is 0 Å². The third-order valence-corrected chi connectivity index (χ3v) is 3.71. The topological polar surface area (TPSA) is 83.5 Å². The van der Waals surface area contributed by atoms with Crippen LogP contribution in [-0.4, -0.2) is 33.0 Å². The molecule has 0 heterocycles. The van der Waals surface area contributed by atoms with E-state index in [1.807, 2.05) is 0 Å². The van der Waals surface area contributed by atoms with Gasteiger partial charge < -0.3 is 10.4 Å². The lowest BCUT2D eigenvalue weighted by Crippen LogP contribution is -2.43. The SMILES string of the molecule is CC(=O)NC(CS(=O)Cc1c(F)cccc1F)C(=O)O. The highest BCUT2D eigenvalue weighted by molar-refractivity contribution is 7.84. The van der Waals surface area contributed by atoms with Crippen LogP contribution in [0.25, 0.3) is 0 Å². The zero-order valence-electron chi connectivity index (χ0n) is 10.6. The van der Waals surface area contributed by atoms with Gasteiger partial charge in [0.15, 0.2) is 0 Å². The number of aliphatic carboxylic acids is 1. The number of hydrogen-bond donors (Lipinski definition) is 2. The summed E-state index contributed by atoms with van der Waals surface area (Å²) in [6.07, 6.45) is 0. The average molecular weight is 305 g/mol. The lowest BCUT2D eigenvalue weighted by molar-refractivity contribution is -0.140. The fourth-order valence-electron chi connectivity index (χ4n) is 1.50. The quantitative estimate of drug-likeness (QED) is 0.814. The van der Waals surface area contributed by atoms with E-state index in [2.05, 4.69) is 5.32 Å². The first-order chi connectivity index (χ1) is 9.31. The monoisotopic (exact) mass is 305 g/mol. The van der Waals surface area contributed by atoms with Crippen LogP contribution in [0.5, 0.6) is 0 Å². The van der Waals surface area contributed by atoms with Crippen molar-refractivity contribution >= 4 is 22.7 Å². The molecular formula is C12H13F2NO4S. The lowest BCUT2D eigenvalue weighted by Gasteiger charge is -2.13. The number of carboxylic acids is 1. The lowest BCUT2D eigenvalue weighted by atomic mass is 10.2. The third kappa shape index (κ3) is 4.69. The van der Waals surface area contributed by atoms with Crippen LogP contribution in [-0.2, 0) is 26.1 Å². The molecule has 5 nitrogen and oxygen atoms in total. The second-order valence-corrected chi connectivity index (χ2v) is 5.54. The average Bonchev–Trinajstić information content (AvgIpc) is 2.32. The molecule has 0 aliphatic carbocycles. The zero-order chi connectivity index (χ0) is 15.3. The van der Waals surface area contributed by atoms with Gasteiger partial charge in [-0.25, -0.2) is 13.6 Å². The maximum atomic E-state index is 13.4. The molecule has 0 aliphatic rings. The molecule has 0 spiro atoms. The maximum Gasteiger partial charge on any atom is 0.327 e. The summed E-state index contributed by atoms with van der Waals surface area (Å²) in [4.78, 5) is 21.7. The molecule has 1 aromatic carbocycles. The number of nitrogens with one attached hydrogen (secondary N) is 1. The molecule has 110 valence electrons. The molecule has 2 atom stereocenters. The van der Waals surface area contributed by atoms with E-state index in [1.165, 1.54) is 6.07 Å². The normalized spacial score (nSPS) is 13.6. The van der Waals surface area contributed by atoms with Gasteiger partial charge in [-0.1, -0.05) is 6.07 Å². The molecule has 1 aromatic rings. The second-order valence-electron chi connectivity index (χ2n) is 4.04. The van der Waals surface area contributed by atoms with E-state index in [0.29, 0.717) is 0 Å². The molecular weight excluding hydrogens is 292 g/mol. The minimum Gasteiger partial charge on any atom is -0.480 e. The van der Waals surface area contributed by atoms with Crippen LogP contribution >= 0.6 is 0 Å². The van der Waals surface area contributed by atoms with Crippen molar-refractivity contribution in [2.45, 2.75) is 18.7 Å². The molecule has 20 heavy (non-hydrogen) atoms. The number of rotatable bonds is 6. The Morgan fingerprint density at radius 3 is 2.35 bits per heavy atom. The Bertz CT molecular complexity index is 530. The van der Waals surface area contributed by atoms with Crippen molar-refractivity contribution < 1.29 is 27.7 Å². The first-order valence-electron chi connectivity index (χ1n) is 5.59. The van der Waals surface area contributed by atoms with Gasteiger partial charge in [-0.3, -0.25) is 9.00 Å². The minimum atomic E-state index is -1.83. The van der Waals surface area contributed by atoms with Gasteiger partial charge in [0.25, 0.3) is 0 Å². The first-order valence-corrected chi connectivity index (χ1v) is 7.08. The molecule has 0 fully saturated rings. The summed E-state index contributed by atoms with van der Waals surface area (Å²) < 4.78 is 38.5. The van der Waals surface area contributed by atoms with Crippen LogP contribution in [0, 0.1) is 11.6 Å². The van der Waals surface area contributed by atoms with E-state index in [0.717, 1.165) is 19.1 Å². The Labute approximate surface area is 116 Å². The largest absolute Gasteiger partial charge is 0.480 e. The predicted molar refractivity (Wildman–Crippen MR) is 68.3 cm³/mol. The number of halogens is 2. The Morgan fingerprint density at radius 2 is 1.90 bits per heavy atom.